The predicted octanol–water partition coefficient (Wildman–Crippen LogP) is 2.33. The van der Waals surface area contributed by atoms with Gasteiger partial charge < -0.3 is 10.5 Å². The monoisotopic (exact) mass is 235 g/mol. The lowest BCUT2D eigenvalue weighted by Crippen LogP contribution is -2.05. The summed E-state index contributed by atoms with van der Waals surface area (Å²) >= 11 is 0. The highest BCUT2D eigenvalue weighted by Crippen LogP contribution is 2.18. The summed E-state index contributed by atoms with van der Waals surface area (Å²) in [5.41, 5.74) is 6.38. The van der Waals surface area contributed by atoms with Gasteiger partial charge in [0.15, 0.2) is 0 Å². The number of para-hydroxylation sites is 1. The van der Waals surface area contributed by atoms with E-state index in [4.69, 9.17) is 10.5 Å². The molecule has 0 atom stereocenters. The average molecular weight is 235 g/mol. The van der Waals surface area contributed by atoms with Gasteiger partial charge in [-0.05, 0) is 25.5 Å². The topological polar surface area (TPSA) is 52.3 Å². The molecular weight excluding hydrogens is 214 g/mol. The van der Waals surface area contributed by atoms with Crippen molar-refractivity contribution in [1.29, 1.82) is 0 Å². The average Bonchev–Trinajstić information content (AvgIpc) is 2.35. The molecule has 0 unspecified atom stereocenters. The van der Waals surface area contributed by atoms with Gasteiger partial charge in [0.2, 0.25) is 0 Å². The van der Waals surface area contributed by atoms with E-state index in [2.05, 4.69) is 0 Å². The zero-order valence-electron chi connectivity index (χ0n) is 10.4. The molecule has 0 amide bonds. The fourth-order valence-electron chi connectivity index (χ4n) is 1.79. The normalized spacial score (nSPS) is 10.2. The first-order chi connectivity index (χ1) is 8.27. The zero-order chi connectivity index (χ0) is 12.5. The molecule has 94 valence electrons. The maximum atomic E-state index is 11.8. The molecule has 1 rings (SSSR count). The molecule has 0 aliphatic heterocycles. The van der Waals surface area contributed by atoms with E-state index in [9.17, 15) is 4.79 Å². The molecule has 0 aliphatic carbocycles. The first-order valence-corrected chi connectivity index (χ1v) is 6.11. The number of hydrogen-bond acceptors (Lipinski definition) is 3. The molecule has 0 saturated carbocycles. The smallest absolute Gasteiger partial charge is 0.137 e. The summed E-state index contributed by atoms with van der Waals surface area (Å²) in [6.07, 6.45) is 4.08. The first kappa shape index (κ1) is 13.7. The Kier molecular flexibility index (Phi) is 6.33. The van der Waals surface area contributed by atoms with Gasteiger partial charge in [0.25, 0.3) is 0 Å². The molecule has 1 aromatic carbocycles. The Morgan fingerprint density at radius 1 is 1.24 bits per heavy atom. The minimum Gasteiger partial charge on any atom is -0.496 e. The number of rotatable bonds is 8. The third kappa shape index (κ3) is 5.00. The Balaban J connectivity index is 2.39. The summed E-state index contributed by atoms with van der Waals surface area (Å²) in [5, 5.41) is 0. The van der Waals surface area contributed by atoms with Crippen LogP contribution in [0.25, 0.3) is 0 Å². The van der Waals surface area contributed by atoms with E-state index < -0.39 is 0 Å². The SMILES string of the molecule is COc1ccccc1CC(=O)CCCCCN. The predicted molar refractivity (Wildman–Crippen MR) is 69.2 cm³/mol. The maximum Gasteiger partial charge on any atom is 0.137 e. The summed E-state index contributed by atoms with van der Waals surface area (Å²) in [5.74, 6) is 1.06. The van der Waals surface area contributed by atoms with E-state index in [1.54, 1.807) is 7.11 Å². The number of carbonyl (C=O) groups excluding carboxylic acids is 1. The molecule has 2 N–H and O–H groups in total. The van der Waals surface area contributed by atoms with Crippen molar-refractivity contribution in [3.05, 3.63) is 29.8 Å². The van der Waals surface area contributed by atoms with Crippen LogP contribution in [0.5, 0.6) is 5.75 Å². The third-order valence-corrected chi connectivity index (χ3v) is 2.74. The Hall–Kier alpha value is -1.35. The molecular formula is C14H21NO2. The van der Waals surface area contributed by atoms with Crippen LogP contribution in [-0.2, 0) is 11.2 Å². The number of benzene rings is 1. The molecule has 0 bridgehead atoms. The number of carbonyl (C=O) groups is 1. The van der Waals surface area contributed by atoms with Crippen LogP contribution in [0.2, 0.25) is 0 Å². The Morgan fingerprint density at radius 3 is 2.71 bits per heavy atom. The van der Waals surface area contributed by atoms with Crippen molar-refractivity contribution in [1.82, 2.24) is 0 Å². The van der Waals surface area contributed by atoms with Crippen molar-refractivity contribution in [2.24, 2.45) is 5.73 Å². The molecule has 3 nitrogen and oxygen atoms in total. The Labute approximate surface area is 103 Å². The number of ether oxygens (including phenoxy) is 1. The van der Waals surface area contributed by atoms with Gasteiger partial charge in [-0.3, -0.25) is 4.79 Å². The highest BCUT2D eigenvalue weighted by Gasteiger charge is 2.07. The second-order valence-electron chi connectivity index (χ2n) is 4.13. The highest BCUT2D eigenvalue weighted by molar-refractivity contribution is 5.81. The fraction of sp³-hybridized carbons (Fsp3) is 0.500. The lowest BCUT2D eigenvalue weighted by molar-refractivity contribution is -0.118. The van der Waals surface area contributed by atoms with Gasteiger partial charge in [0.05, 0.1) is 7.11 Å². The summed E-state index contributed by atoms with van der Waals surface area (Å²) < 4.78 is 5.22. The molecule has 17 heavy (non-hydrogen) atoms. The number of ketones is 1. The van der Waals surface area contributed by atoms with Crippen molar-refractivity contribution in [2.75, 3.05) is 13.7 Å². The minimum absolute atomic E-state index is 0.270. The number of unbranched alkanes of at least 4 members (excludes halogenated alkanes) is 2. The molecule has 0 aliphatic rings. The van der Waals surface area contributed by atoms with Gasteiger partial charge in [-0.25, -0.2) is 0 Å². The second kappa shape index (κ2) is 7.85. The van der Waals surface area contributed by atoms with Crippen LogP contribution in [0.3, 0.4) is 0 Å². The van der Waals surface area contributed by atoms with E-state index in [1.165, 1.54) is 0 Å². The first-order valence-electron chi connectivity index (χ1n) is 6.11. The van der Waals surface area contributed by atoms with E-state index in [0.29, 0.717) is 19.4 Å². The lowest BCUT2D eigenvalue weighted by Gasteiger charge is -2.07. The third-order valence-electron chi connectivity index (χ3n) is 2.74. The highest BCUT2D eigenvalue weighted by atomic mass is 16.5. The number of Topliss-reactive ketones (excluding diaryl/α,β-unsaturated/α-hetero) is 1. The van der Waals surface area contributed by atoms with Crippen LogP contribution >= 0.6 is 0 Å². The van der Waals surface area contributed by atoms with Crippen molar-refractivity contribution in [3.63, 3.8) is 0 Å². The maximum absolute atomic E-state index is 11.8. The second-order valence-corrected chi connectivity index (χ2v) is 4.13. The Bertz CT molecular complexity index is 350. The van der Waals surface area contributed by atoms with Gasteiger partial charge in [0.1, 0.15) is 11.5 Å². The molecule has 0 radical (unpaired) electrons. The number of nitrogens with two attached hydrogens (primary N) is 1. The molecule has 0 heterocycles. The van der Waals surface area contributed by atoms with Crippen molar-refractivity contribution in [2.45, 2.75) is 32.1 Å². The summed E-state index contributed by atoms with van der Waals surface area (Å²) in [6, 6.07) is 7.67. The fourth-order valence-corrected chi connectivity index (χ4v) is 1.79. The quantitative estimate of drug-likeness (QED) is 0.703. The summed E-state index contributed by atoms with van der Waals surface area (Å²) in [7, 11) is 1.63. The lowest BCUT2D eigenvalue weighted by atomic mass is 10.0. The van der Waals surface area contributed by atoms with Gasteiger partial charge in [0, 0.05) is 18.4 Å². The van der Waals surface area contributed by atoms with Crippen LogP contribution in [-0.4, -0.2) is 19.4 Å². The standard InChI is InChI=1S/C14H21NO2/c1-17-14-9-5-4-7-12(14)11-13(16)8-3-2-6-10-15/h4-5,7,9H,2-3,6,8,10-11,15H2,1H3. The Morgan fingerprint density at radius 2 is 2.00 bits per heavy atom. The largest absolute Gasteiger partial charge is 0.496 e. The summed E-state index contributed by atoms with van der Waals surface area (Å²) in [4.78, 5) is 11.8. The molecule has 0 fully saturated rings. The van der Waals surface area contributed by atoms with E-state index in [1.807, 2.05) is 24.3 Å². The van der Waals surface area contributed by atoms with Crippen LogP contribution in [0.4, 0.5) is 0 Å². The molecule has 3 heteroatoms. The van der Waals surface area contributed by atoms with Crippen LogP contribution in [0.1, 0.15) is 31.2 Å². The van der Waals surface area contributed by atoms with E-state index >= 15 is 0 Å². The van der Waals surface area contributed by atoms with Crippen molar-refractivity contribution in [3.8, 4) is 5.75 Å². The summed E-state index contributed by atoms with van der Waals surface area (Å²) in [6.45, 7) is 0.709. The van der Waals surface area contributed by atoms with Gasteiger partial charge >= 0.3 is 0 Å². The molecule has 1 aromatic rings. The van der Waals surface area contributed by atoms with E-state index in [0.717, 1.165) is 30.6 Å². The van der Waals surface area contributed by atoms with Gasteiger partial charge in [-0.1, -0.05) is 24.6 Å². The van der Waals surface area contributed by atoms with Crippen LogP contribution in [0.15, 0.2) is 24.3 Å². The van der Waals surface area contributed by atoms with Crippen molar-refractivity contribution < 1.29 is 9.53 Å². The van der Waals surface area contributed by atoms with Gasteiger partial charge in [-0.15, -0.1) is 0 Å². The molecule has 0 saturated heterocycles. The number of methoxy groups -OCH3 is 1. The van der Waals surface area contributed by atoms with Crippen molar-refractivity contribution >= 4 is 5.78 Å². The zero-order valence-corrected chi connectivity index (χ0v) is 10.4. The molecule has 0 aromatic heterocycles. The molecule has 0 spiro atoms. The number of hydrogen-bond donors (Lipinski definition) is 1. The minimum atomic E-state index is 0.270. The van der Waals surface area contributed by atoms with Crippen LogP contribution < -0.4 is 10.5 Å². The van der Waals surface area contributed by atoms with Crippen LogP contribution in [0, 0.1) is 0 Å². The van der Waals surface area contributed by atoms with E-state index in [-0.39, 0.29) is 5.78 Å². The van der Waals surface area contributed by atoms with Gasteiger partial charge in [-0.2, -0.15) is 0 Å².